The van der Waals surface area contributed by atoms with E-state index in [9.17, 15) is 9.90 Å². The molecule has 198 valence electrons. The van der Waals surface area contributed by atoms with Crippen molar-refractivity contribution >= 4 is 49.0 Å². The van der Waals surface area contributed by atoms with Crippen molar-refractivity contribution in [2.24, 2.45) is 5.10 Å². The predicted molar refractivity (Wildman–Crippen MR) is 159 cm³/mol. The first-order chi connectivity index (χ1) is 18.2. The van der Waals surface area contributed by atoms with Crippen LogP contribution >= 0.6 is 31.9 Å². The first-order valence-corrected chi connectivity index (χ1v) is 13.9. The van der Waals surface area contributed by atoms with E-state index in [2.05, 4.69) is 50.8 Å². The number of rotatable bonds is 8. The van der Waals surface area contributed by atoms with E-state index in [1.807, 2.05) is 45.0 Å². The lowest BCUT2D eigenvalue weighted by molar-refractivity contribution is 0.317. The number of phenolic OH excluding ortho intramolecular Hbond substituents is 1. The molecule has 0 atom stereocenters. The van der Waals surface area contributed by atoms with Crippen LogP contribution < -0.4 is 15.0 Å². The highest BCUT2D eigenvalue weighted by molar-refractivity contribution is 9.13. The highest BCUT2D eigenvalue weighted by atomic mass is 79.9. The molecule has 0 aliphatic carbocycles. The summed E-state index contributed by atoms with van der Waals surface area (Å²) in [6, 6.07) is 12.9. The van der Waals surface area contributed by atoms with Gasteiger partial charge in [0.05, 0.1) is 34.8 Å². The minimum absolute atomic E-state index is 0.0210. The third-order valence-electron chi connectivity index (χ3n) is 6.06. The number of ether oxygens (including phenoxy) is 2. The van der Waals surface area contributed by atoms with Gasteiger partial charge in [0.2, 0.25) is 0 Å². The first kappa shape index (κ1) is 27.9. The van der Waals surface area contributed by atoms with Crippen LogP contribution in [0.3, 0.4) is 0 Å². The molecule has 4 aromatic rings. The third kappa shape index (κ3) is 5.35. The van der Waals surface area contributed by atoms with Crippen LogP contribution in [0.5, 0.6) is 17.2 Å². The smallest absolute Gasteiger partial charge is 0.282 e. The van der Waals surface area contributed by atoms with Gasteiger partial charge in [0.1, 0.15) is 5.75 Å². The average Bonchev–Trinajstić information content (AvgIpc) is 2.89. The van der Waals surface area contributed by atoms with E-state index in [4.69, 9.17) is 14.5 Å². The summed E-state index contributed by atoms with van der Waals surface area (Å²) in [7, 11) is 0. The van der Waals surface area contributed by atoms with Gasteiger partial charge in [-0.3, -0.25) is 4.79 Å². The Labute approximate surface area is 238 Å². The molecule has 38 heavy (non-hydrogen) atoms. The van der Waals surface area contributed by atoms with Gasteiger partial charge >= 0.3 is 0 Å². The molecule has 1 N–H and O–H groups in total. The molecule has 0 aliphatic rings. The molecule has 0 amide bonds. The first-order valence-electron chi connectivity index (χ1n) is 12.3. The SMILES string of the molecule is CCOc1cc(C)c(-c2nc3ccccc3c(=O)n2N=Cc2cc(OCC)c(O)c(Br)c2Br)cc1C(C)C. The molecule has 0 radical (unpaired) electrons. The van der Waals surface area contributed by atoms with Crippen molar-refractivity contribution < 1.29 is 14.6 Å². The number of phenols is 1. The van der Waals surface area contributed by atoms with E-state index >= 15 is 0 Å². The van der Waals surface area contributed by atoms with Crippen molar-refractivity contribution in [1.82, 2.24) is 9.66 Å². The zero-order chi connectivity index (χ0) is 27.6. The topological polar surface area (TPSA) is 85.9 Å². The normalized spacial score (nSPS) is 11.6. The molecule has 3 aromatic carbocycles. The van der Waals surface area contributed by atoms with Crippen molar-refractivity contribution in [2.45, 2.75) is 40.5 Å². The second-order valence-corrected chi connectivity index (χ2v) is 10.6. The molecular formula is C29H29Br2N3O4. The van der Waals surface area contributed by atoms with Gasteiger partial charge in [-0.15, -0.1) is 0 Å². The summed E-state index contributed by atoms with van der Waals surface area (Å²) in [4.78, 5) is 18.6. The maximum atomic E-state index is 13.7. The molecule has 0 unspecified atom stereocenters. The highest BCUT2D eigenvalue weighted by Gasteiger charge is 2.19. The van der Waals surface area contributed by atoms with Crippen LogP contribution in [0.1, 0.15) is 50.3 Å². The zero-order valence-electron chi connectivity index (χ0n) is 21.9. The summed E-state index contributed by atoms with van der Waals surface area (Å²) in [5.74, 6) is 1.72. The van der Waals surface area contributed by atoms with E-state index in [0.29, 0.717) is 50.2 Å². The summed E-state index contributed by atoms with van der Waals surface area (Å²) >= 11 is 6.90. The number of hydrogen-bond donors (Lipinski definition) is 1. The van der Waals surface area contributed by atoms with Crippen LogP contribution in [0, 0.1) is 6.92 Å². The van der Waals surface area contributed by atoms with Crippen LogP contribution in [0.4, 0.5) is 0 Å². The lowest BCUT2D eigenvalue weighted by Crippen LogP contribution is -2.21. The number of fused-ring (bicyclic) bond motifs is 1. The number of aromatic hydroxyl groups is 1. The molecule has 7 nitrogen and oxygen atoms in total. The molecule has 0 saturated carbocycles. The Morgan fingerprint density at radius 1 is 1.05 bits per heavy atom. The van der Waals surface area contributed by atoms with Gasteiger partial charge in [-0.25, -0.2) is 4.98 Å². The van der Waals surface area contributed by atoms with E-state index in [-0.39, 0.29) is 17.2 Å². The molecule has 1 heterocycles. The van der Waals surface area contributed by atoms with Crippen molar-refractivity contribution in [2.75, 3.05) is 13.2 Å². The number of para-hydroxylation sites is 1. The molecule has 4 rings (SSSR count). The number of benzene rings is 3. The fourth-order valence-electron chi connectivity index (χ4n) is 4.17. The minimum Gasteiger partial charge on any atom is -0.503 e. The molecule has 0 spiro atoms. The maximum Gasteiger partial charge on any atom is 0.282 e. The number of nitrogens with zero attached hydrogens (tertiary/aromatic N) is 3. The second-order valence-electron chi connectivity index (χ2n) is 8.98. The zero-order valence-corrected chi connectivity index (χ0v) is 25.1. The third-order valence-corrected chi connectivity index (χ3v) is 8.22. The van der Waals surface area contributed by atoms with Crippen LogP contribution in [0.25, 0.3) is 22.3 Å². The Kier molecular flexibility index (Phi) is 8.57. The molecule has 9 heteroatoms. The predicted octanol–water partition coefficient (Wildman–Crippen LogP) is 7.41. The van der Waals surface area contributed by atoms with Gasteiger partial charge in [-0.1, -0.05) is 26.0 Å². The summed E-state index contributed by atoms with van der Waals surface area (Å²) in [5, 5.41) is 15.5. The fraction of sp³-hybridized carbons (Fsp3) is 0.276. The van der Waals surface area contributed by atoms with Crippen molar-refractivity contribution in [1.29, 1.82) is 0 Å². The Hall–Kier alpha value is -3.17. The van der Waals surface area contributed by atoms with Gasteiger partial charge in [0.15, 0.2) is 17.3 Å². The van der Waals surface area contributed by atoms with Crippen LogP contribution in [-0.2, 0) is 0 Å². The average molecular weight is 643 g/mol. The van der Waals surface area contributed by atoms with Crippen molar-refractivity contribution in [3.05, 3.63) is 78.5 Å². The van der Waals surface area contributed by atoms with Gasteiger partial charge < -0.3 is 14.6 Å². The number of aryl methyl sites for hydroxylation is 1. The van der Waals surface area contributed by atoms with Crippen molar-refractivity contribution in [3.8, 4) is 28.6 Å². The summed E-state index contributed by atoms with van der Waals surface area (Å²) < 4.78 is 13.8. The summed E-state index contributed by atoms with van der Waals surface area (Å²) in [6.45, 7) is 10.9. The Morgan fingerprint density at radius 2 is 1.74 bits per heavy atom. The maximum absolute atomic E-state index is 13.7. The van der Waals surface area contributed by atoms with Gasteiger partial charge in [0.25, 0.3) is 5.56 Å². The van der Waals surface area contributed by atoms with Crippen LogP contribution in [0.2, 0.25) is 0 Å². The molecule has 0 fully saturated rings. The molecule has 0 aliphatic heterocycles. The Bertz CT molecular complexity index is 1600. The van der Waals surface area contributed by atoms with Crippen LogP contribution in [-0.4, -0.2) is 34.2 Å². The van der Waals surface area contributed by atoms with Gasteiger partial charge in [-0.2, -0.15) is 9.78 Å². The van der Waals surface area contributed by atoms with Crippen molar-refractivity contribution in [3.63, 3.8) is 0 Å². The summed E-state index contributed by atoms with van der Waals surface area (Å²) in [6.07, 6.45) is 1.55. The highest BCUT2D eigenvalue weighted by Crippen LogP contribution is 2.41. The van der Waals surface area contributed by atoms with Crippen LogP contribution in [0.15, 0.2) is 61.3 Å². The number of hydrogen-bond acceptors (Lipinski definition) is 6. The van der Waals surface area contributed by atoms with E-state index < -0.39 is 0 Å². The quantitative estimate of drug-likeness (QED) is 0.202. The van der Waals surface area contributed by atoms with E-state index in [0.717, 1.165) is 22.4 Å². The van der Waals surface area contributed by atoms with Gasteiger partial charge in [0, 0.05) is 15.6 Å². The molecular weight excluding hydrogens is 614 g/mol. The second kappa shape index (κ2) is 11.7. The van der Waals surface area contributed by atoms with E-state index in [1.54, 1.807) is 24.4 Å². The minimum atomic E-state index is -0.291. The largest absolute Gasteiger partial charge is 0.503 e. The monoisotopic (exact) mass is 641 g/mol. The van der Waals surface area contributed by atoms with Gasteiger partial charge in [-0.05, 0) is 100 Å². The fourth-order valence-corrected chi connectivity index (χ4v) is 5.00. The van der Waals surface area contributed by atoms with E-state index in [1.165, 1.54) is 4.68 Å². The lowest BCUT2D eigenvalue weighted by Gasteiger charge is -2.18. The standard InChI is InChI=1S/C29H29Br2N3O4/c1-6-37-23-12-17(5)21(14-20(23)16(3)4)28-33-22-11-9-8-10-19(22)29(36)34(28)32-15-18-13-24(38-7-2)27(35)26(31)25(18)30/h8-16,35H,6-7H2,1-5H3. The number of aromatic nitrogens is 2. The molecule has 0 bridgehead atoms. The Balaban J connectivity index is 1.98. The lowest BCUT2D eigenvalue weighted by atomic mass is 9.96. The summed E-state index contributed by atoms with van der Waals surface area (Å²) in [5.41, 5.74) is 3.63. The Morgan fingerprint density at radius 3 is 2.42 bits per heavy atom. The number of halogens is 2. The molecule has 1 aromatic heterocycles. The molecule has 0 saturated heterocycles.